The summed E-state index contributed by atoms with van der Waals surface area (Å²) < 4.78 is 6.28. The predicted octanol–water partition coefficient (Wildman–Crippen LogP) is 5.99. The molecule has 0 spiro atoms. The van der Waals surface area contributed by atoms with Gasteiger partial charge in [0.25, 0.3) is 0 Å². The quantitative estimate of drug-likeness (QED) is 0.619. The molecular weight excluding hydrogens is 306 g/mol. The standard InChI is InChI=1S/C23H31NO/c1-18-6-3-10-22(16-18)25-23-11-5-9-21(17-23)19(2)7-4-8-20-12-14-24-15-13-20/h3,6,10,12-16,19,21,23H,4-5,7-9,11,17H2,1-2H3/t19?,21-,23+/m0/s1. The largest absolute Gasteiger partial charge is 0.490 e. The molecule has 1 heterocycles. The van der Waals surface area contributed by atoms with Crippen molar-refractivity contribution in [3.05, 3.63) is 59.9 Å². The van der Waals surface area contributed by atoms with E-state index in [-0.39, 0.29) is 0 Å². The van der Waals surface area contributed by atoms with E-state index in [9.17, 15) is 0 Å². The first-order chi connectivity index (χ1) is 12.2. The van der Waals surface area contributed by atoms with Gasteiger partial charge in [0, 0.05) is 12.4 Å². The van der Waals surface area contributed by atoms with E-state index in [4.69, 9.17) is 4.74 Å². The number of aryl methyl sites for hydroxylation is 2. The Morgan fingerprint density at radius 3 is 2.80 bits per heavy atom. The van der Waals surface area contributed by atoms with Crippen LogP contribution < -0.4 is 4.74 Å². The molecule has 2 aromatic rings. The minimum Gasteiger partial charge on any atom is -0.490 e. The summed E-state index contributed by atoms with van der Waals surface area (Å²) in [5.41, 5.74) is 2.68. The van der Waals surface area contributed by atoms with E-state index >= 15 is 0 Å². The summed E-state index contributed by atoms with van der Waals surface area (Å²) in [6.07, 6.45) is 13.0. The first-order valence-corrected chi connectivity index (χ1v) is 9.83. The van der Waals surface area contributed by atoms with Crippen molar-refractivity contribution in [3.8, 4) is 5.75 Å². The molecule has 0 radical (unpaired) electrons. The van der Waals surface area contributed by atoms with Gasteiger partial charge in [-0.3, -0.25) is 4.98 Å². The van der Waals surface area contributed by atoms with Crippen LogP contribution in [-0.4, -0.2) is 11.1 Å². The highest BCUT2D eigenvalue weighted by Crippen LogP contribution is 2.34. The number of pyridine rings is 1. The van der Waals surface area contributed by atoms with Gasteiger partial charge in [0.1, 0.15) is 5.75 Å². The van der Waals surface area contributed by atoms with E-state index in [1.165, 1.54) is 56.1 Å². The number of hydrogen-bond donors (Lipinski definition) is 0. The fourth-order valence-electron chi connectivity index (χ4n) is 4.10. The fourth-order valence-corrected chi connectivity index (χ4v) is 4.10. The summed E-state index contributed by atoms with van der Waals surface area (Å²) in [7, 11) is 0. The Labute approximate surface area is 152 Å². The number of hydrogen-bond acceptors (Lipinski definition) is 2. The third-order valence-electron chi connectivity index (χ3n) is 5.64. The molecule has 1 aromatic heterocycles. The summed E-state index contributed by atoms with van der Waals surface area (Å²) in [6.45, 7) is 4.56. The molecule has 1 unspecified atom stereocenters. The zero-order chi connectivity index (χ0) is 17.5. The van der Waals surface area contributed by atoms with Crippen LogP contribution >= 0.6 is 0 Å². The van der Waals surface area contributed by atoms with Gasteiger partial charge in [0.2, 0.25) is 0 Å². The van der Waals surface area contributed by atoms with Crippen LogP contribution in [0.4, 0.5) is 0 Å². The lowest BCUT2D eigenvalue weighted by molar-refractivity contribution is 0.0996. The van der Waals surface area contributed by atoms with Crippen molar-refractivity contribution in [1.82, 2.24) is 4.98 Å². The number of aromatic nitrogens is 1. The van der Waals surface area contributed by atoms with Gasteiger partial charge >= 0.3 is 0 Å². The summed E-state index contributed by atoms with van der Waals surface area (Å²) >= 11 is 0. The summed E-state index contributed by atoms with van der Waals surface area (Å²) in [4.78, 5) is 4.10. The maximum atomic E-state index is 6.28. The fraction of sp³-hybridized carbons (Fsp3) is 0.522. The third-order valence-corrected chi connectivity index (χ3v) is 5.64. The van der Waals surface area contributed by atoms with Crippen molar-refractivity contribution in [2.24, 2.45) is 11.8 Å². The molecule has 3 atom stereocenters. The number of rotatable bonds is 7. The lowest BCUT2D eigenvalue weighted by Crippen LogP contribution is -2.28. The van der Waals surface area contributed by atoms with Crippen molar-refractivity contribution in [3.63, 3.8) is 0 Å². The van der Waals surface area contributed by atoms with E-state index in [1.54, 1.807) is 0 Å². The van der Waals surface area contributed by atoms with E-state index in [0.29, 0.717) is 6.10 Å². The molecule has 3 rings (SSSR count). The van der Waals surface area contributed by atoms with Crippen molar-refractivity contribution < 1.29 is 4.74 Å². The van der Waals surface area contributed by atoms with Crippen LogP contribution in [0.3, 0.4) is 0 Å². The normalized spacial score (nSPS) is 21.7. The molecule has 0 N–H and O–H groups in total. The molecule has 2 heteroatoms. The second kappa shape index (κ2) is 9.03. The van der Waals surface area contributed by atoms with Crippen molar-refractivity contribution in [2.75, 3.05) is 0 Å². The zero-order valence-corrected chi connectivity index (χ0v) is 15.7. The third kappa shape index (κ3) is 5.59. The van der Waals surface area contributed by atoms with Crippen molar-refractivity contribution >= 4 is 0 Å². The SMILES string of the molecule is Cc1cccc(O[C@@H]2CCC[C@H](C(C)CCCc3ccncc3)C2)c1. The second-order valence-corrected chi connectivity index (χ2v) is 7.71. The average Bonchev–Trinajstić information content (AvgIpc) is 2.63. The average molecular weight is 338 g/mol. The van der Waals surface area contributed by atoms with E-state index in [2.05, 4.69) is 55.2 Å². The molecular formula is C23H31NO. The molecule has 2 nitrogen and oxygen atoms in total. The van der Waals surface area contributed by atoms with Gasteiger partial charge in [-0.05, 0) is 92.7 Å². The van der Waals surface area contributed by atoms with Crippen LogP contribution in [0.2, 0.25) is 0 Å². The smallest absolute Gasteiger partial charge is 0.119 e. The highest BCUT2D eigenvalue weighted by molar-refractivity contribution is 5.27. The van der Waals surface area contributed by atoms with Crippen molar-refractivity contribution in [1.29, 1.82) is 0 Å². The maximum absolute atomic E-state index is 6.28. The van der Waals surface area contributed by atoms with Crippen LogP contribution in [0.25, 0.3) is 0 Å². The number of ether oxygens (including phenoxy) is 1. The van der Waals surface area contributed by atoms with E-state index in [0.717, 1.165) is 17.6 Å². The van der Waals surface area contributed by atoms with E-state index < -0.39 is 0 Å². The minimum atomic E-state index is 0.392. The molecule has 1 aliphatic carbocycles. The topological polar surface area (TPSA) is 22.1 Å². The van der Waals surface area contributed by atoms with Crippen LogP contribution in [0.5, 0.6) is 5.75 Å². The molecule has 0 aliphatic heterocycles. The molecule has 25 heavy (non-hydrogen) atoms. The van der Waals surface area contributed by atoms with Gasteiger partial charge in [-0.2, -0.15) is 0 Å². The molecule has 1 saturated carbocycles. The summed E-state index contributed by atoms with van der Waals surface area (Å²) in [5.74, 6) is 2.63. The Morgan fingerprint density at radius 1 is 1.16 bits per heavy atom. The monoisotopic (exact) mass is 337 g/mol. The molecule has 1 aromatic carbocycles. The molecule has 0 amide bonds. The summed E-state index contributed by atoms with van der Waals surface area (Å²) in [6, 6.07) is 12.7. The molecule has 0 saturated heterocycles. The van der Waals surface area contributed by atoms with Gasteiger partial charge in [-0.25, -0.2) is 0 Å². The van der Waals surface area contributed by atoms with Gasteiger partial charge in [0.15, 0.2) is 0 Å². The molecule has 1 aliphatic rings. The van der Waals surface area contributed by atoms with Gasteiger partial charge in [-0.1, -0.05) is 25.5 Å². The maximum Gasteiger partial charge on any atom is 0.119 e. The molecule has 134 valence electrons. The number of benzene rings is 1. The lowest BCUT2D eigenvalue weighted by Gasteiger charge is -2.33. The van der Waals surface area contributed by atoms with Crippen LogP contribution in [-0.2, 0) is 6.42 Å². The van der Waals surface area contributed by atoms with Gasteiger partial charge in [-0.15, -0.1) is 0 Å². The summed E-state index contributed by atoms with van der Waals surface area (Å²) in [5, 5.41) is 0. The van der Waals surface area contributed by atoms with Gasteiger partial charge < -0.3 is 4.74 Å². The predicted molar refractivity (Wildman–Crippen MR) is 104 cm³/mol. The van der Waals surface area contributed by atoms with Crippen molar-refractivity contribution in [2.45, 2.75) is 64.9 Å². The lowest BCUT2D eigenvalue weighted by atomic mass is 9.77. The first-order valence-electron chi connectivity index (χ1n) is 9.83. The Morgan fingerprint density at radius 2 is 2.00 bits per heavy atom. The Kier molecular flexibility index (Phi) is 6.49. The highest BCUT2D eigenvalue weighted by atomic mass is 16.5. The second-order valence-electron chi connectivity index (χ2n) is 7.71. The number of nitrogens with zero attached hydrogens (tertiary/aromatic N) is 1. The Hall–Kier alpha value is -1.83. The van der Waals surface area contributed by atoms with Gasteiger partial charge in [0.05, 0.1) is 6.10 Å². The van der Waals surface area contributed by atoms with Crippen LogP contribution in [0.15, 0.2) is 48.8 Å². The van der Waals surface area contributed by atoms with Crippen LogP contribution in [0.1, 0.15) is 56.6 Å². The Balaban J connectivity index is 1.45. The van der Waals surface area contributed by atoms with Crippen LogP contribution in [0, 0.1) is 18.8 Å². The highest BCUT2D eigenvalue weighted by Gasteiger charge is 2.27. The minimum absolute atomic E-state index is 0.392. The molecule has 1 fully saturated rings. The zero-order valence-electron chi connectivity index (χ0n) is 15.7. The first kappa shape index (κ1) is 18.0. The molecule has 0 bridgehead atoms. The Bertz CT molecular complexity index is 640. The van der Waals surface area contributed by atoms with E-state index in [1.807, 2.05) is 12.4 Å².